The number of hydrogen-bond acceptors (Lipinski definition) is 0. The van der Waals surface area contributed by atoms with Crippen molar-refractivity contribution in [1.82, 2.24) is 22.8 Å². The second kappa shape index (κ2) is 27.4. The van der Waals surface area contributed by atoms with Crippen LogP contribution in [0.4, 0.5) is 0 Å². The third-order valence-corrected chi connectivity index (χ3v) is 26.7. The second-order valence-electron chi connectivity index (χ2n) is 35.0. The minimum atomic E-state index is 0.00708. The molecule has 3 aliphatic carbocycles. The molecule has 0 atom stereocenters. The number of rotatable bonds is 5. The molecular formula is C115H91N5. The van der Waals surface area contributed by atoms with Crippen molar-refractivity contribution >= 4 is 109 Å². The van der Waals surface area contributed by atoms with E-state index in [0.717, 1.165) is 0 Å². The van der Waals surface area contributed by atoms with E-state index in [-0.39, 0.29) is 16.2 Å². The number of nitrogens with zero attached hydrogens (tertiary/aromatic N) is 5. The van der Waals surface area contributed by atoms with E-state index < -0.39 is 0 Å². The molecule has 0 saturated heterocycles. The summed E-state index contributed by atoms with van der Waals surface area (Å²) in [4.78, 5) is 0. The summed E-state index contributed by atoms with van der Waals surface area (Å²) in [5, 5.41) is 13.1. The lowest BCUT2D eigenvalue weighted by atomic mass is 9.82. The van der Waals surface area contributed by atoms with Crippen LogP contribution in [0.3, 0.4) is 0 Å². The highest BCUT2D eigenvalue weighted by Gasteiger charge is 2.40. The van der Waals surface area contributed by atoms with Gasteiger partial charge in [0.15, 0.2) is 0 Å². The van der Waals surface area contributed by atoms with Crippen molar-refractivity contribution in [3.63, 3.8) is 0 Å². The molecule has 22 aromatic rings. The maximum Gasteiger partial charge on any atom is 0.0562 e. The Morgan fingerprint density at radius 2 is 0.458 bits per heavy atom. The van der Waals surface area contributed by atoms with Crippen molar-refractivity contribution in [2.75, 3.05) is 0 Å². The summed E-state index contributed by atoms with van der Waals surface area (Å²) in [7, 11) is 0. The van der Waals surface area contributed by atoms with E-state index in [1.807, 2.05) is 0 Å². The van der Waals surface area contributed by atoms with Crippen LogP contribution in [0.2, 0.25) is 0 Å². The molecule has 5 aromatic heterocycles. The van der Waals surface area contributed by atoms with Crippen LogP contribution >= 0.6 is 0 Å². The van der Waals surface area contributed by atoms with E-state index >= 15 is 0 Å². The minimum absolute atomic E-state index is 0.00708. The molecule has 120 heavy (non-hydrogen) atoms. The van der Waals surface area contributed by atoms with Crippen LogP contribution in [0.1, 0.15) is 97.2 Å². The monoisotopic (exact) mass is 1540 g/mol. The Labute approximate surface area is 700 Å². The van der Waals surface area contributed by atoms with Gasteiger partial charge in [0.25, 0.3) is 0 Å². The molecule has 0 unspecified atom stereocenters. The van der Waals surface area contributed by atoms with Gasteiger partial charge in [-0.15, -0.1) is 0 Å². The smallest absolute Gasteiger partial charge is 0.0562 e. The van der Waals surface area contributed by atoms with Gasteiger partial charge in [0.1, 0.15) is 0 Å². The third kappa shape index (κ3) is 11.1. The fraction of sp³-hybridized carbons (Fsp3) is 0.113. The van der Waals surface area contributed by atoms with E-state index in [4.69, 9.17) is 0 Å². The molecule has 0 aliphatic heterocycles. The molecule has 0 radical (unpaired) electrons. The van der Waals surface area contributed by atoms with E-state index in [1.54, 1.807) is 0 Å². The molecule has 5 nitrogen and oxygen atoms in total. The average Bonchev–Trinajstić information content (AvgIpc) is 1.56. The summed E-state index contributed by atoms with van der Waals surface area (Å²) < 4.78 is 12.1. The Hall–Kier alpha value is -14.3. The number of benzene rings is 17. The predicted molar refractivity (Wildman–Crippen MR) is 509 cm³/mol. The number of hydrogen-bond donors (Lipinski definition) is 0. The van der Waals surface area contributed by atoms with Crippen LogP contribution in [0, 0.1) is 27.7 Å². The summed E-state index contributed by atoms with van der Waals surface area (Å²) >= 11 is 0. The summed E-state index contributed by atoms with van der Waals surface area (Å²) in [6, 6.07) is 135. The SMILES string of the molecule is Cc1ccc2c(c1)c1cc3c(cc1n2-c1ccccc1)C(C)(C)c1ccccc1-3.Cc1ccc2c(c1)c1cc3c4ccccc4n(-c4ccccc4)c3cc1n2-c1ccccc1.Cc1cccc(-n2c3ccccc3c3cc4c(cc32)C(C)(C)c2ccccc2-4)c1.Cc1ccccc1-n1c2ccccc2c2cc3c(cc21)C(C)(C)c1ccccc1-3. The highest BCUT2D eigenvalue weighted by molar-refractivity contribution is 6.20. The van der Waals surface area contributed by atoms with Gasteiger partial charge in [-0.2, -0.15) is 0 Å². The van der Waals surface area contributed by atoms with Crippen LogP contribution in [0.15, 0.2) is 370 Å². The van der Waals surface area contributed by atoms with Gasteiger partial charge in [0, 0.05) is 98.5 Å². The van der Waals surface area contributed by atoms with Crippen molar-refractivity contribution in [2.45, 2.75) is 85.5 Å². The molecule has 0 bridgehead atoms. The summed E-state index contributed by atoms with van der Waals surface area (Å²) in [6.07, 6.45) is 0. The van der Waals surface area contributed by atoms with Crippen molar-refractivity contribution < 1.29 is 0 Å². The molecular weight excluding hydrogens is 1450 g/mol. The first-order valence-electron chi connectivity index (χ1n) is 42.3. The quantitative estimate of drug-likeness (QED) is 0.164. The number of fused-ring (bicyclic) bond motifs is 24. The maximum absolute atomic E-state index is 2.44. The fourth-order valence-electron chi connectivity index (χ4n) is 20.9. The third-order valence-electron chi connectivity index (χ3n) is 26.7. The van der Waals surface area contributed by atoms with E-state index in [9.17, 15) is 0 Å². The summed E-state index contributed by atoms with van der Waals surface area (Å²) in [5.74, 6) is 0. The molecule has 5 heterocycles. The predicted octanol–water partition coefficient (Wildman–Crippen LogP) is 30.4. The van der Waals surface area contributed by atoms with Gasteiger partial charge >= 0.3 is 0 Å². The van der Waals surface area contributed by atoms with Gasteiger partial charge in [0.05, 0.1) is 55.2 Å². The van der Waals surface area contributed by atoms with Crippen molar-refractivity contribution in [3.05, 3.63) is 426 Å². The lowest BCUT2D eigenvalue weighted by Gasteiger charge is -2.21. The topological polar surface area (TPSA) is 24.6 Å². The molecule has 5 heteroatoms. The lowest BCUT2D eigenvalue weighted by Crippen LogP contribution is -2.15. The van der Waals surface area contributed by atoms with Crippen LogP contribution in [-0.4, -0.2) is 22.8 Å². The first-order valence-corrected chi connectivity index (χ1v) is 42.3. The van der Waals surface area contributed by atoms with Gasteiger partial charge in [-0.25, -0.2) is 0 Å². The Morgan fingerprint density at radius 3 is 0.875 bits per heavy atom. The normalized spacial score (nSPS) is 13.6. The Bertz CT molecular complexity index is 7960. The first-order chi connectivity index (χ1) is 58.5. The number of para-hydroxylation sites is 7. The van der Waals surface area contributed by atoms with Gasteiger partial charge in [-0.1, -0.05) is 277 Å². The zero-order chi connectivity index (χ0) is 81.2. The number of aromatic nitrogens is 5. The molecule has 0 fully saturated rings. The van der Waals surface area contributed by atoms with Crippen molar-refractivity contribution in [3.8, 4) is 61.8 Å². The Kier molecular flexibility index (Phi) is 16.5. The highest BCUT2D eigenvalue weighted by Crippen LogP contribution is 2.55. The van der Waals surface area contributed by atoms with Crippen LogP contribution < -0.4 is 0 Å². The maximum atomic E-state index is 2.44. The molecule has 576 valence electrons. The molecule has 3 aliphatic rings. The second-order valence-corrected chi connectivity index (χ2v) is 35.0. The highest BCUT2D eigenvalue weighted by atomic mass is 15.0. The van der Waals surface area contributed by atoms with Crippen LogP contribution in [-0.2, 0) is 16.2 Å². The van der Waals surface area contributed by atoms with E-state index in [0.29, 0.717) is 0 Å². The average molecular weight is 1540 g/mol. The molecule has 25 rings (SSSR count). The van der Waals surface area contributed by atoms with Gasteiger partial charge in [0.2, 0.25) is 0 Å². The first kappa shape index (κ1) is 72.2. The molecule has 0 saturated carbocycles. The van der Waals surface area contributed by atoms with Crippen LogP contribution in [0.25, 0.3) is 171 Å². The molecule has 0 spiro atoms. The lowest BCUT2D eigenvalue weighted by molar-refractivity contribution is 0.661. The Balaban J connectivity index is 0.0000000962. The molecule has 17 aromatic carbocycles. The van der Waals surface area contributed by atoms with Gasteiger partial charge < -0.3 is 22.8 Å². The largest absolute Gasteiger partial charge is 0.309 e. The van der Waals surface area contributed by atoms with E-state index in [2.05, 4.69) is 462 Å². The van der Waals surface area contributed by atoms with Crippen LogP contribution in [0.5, 0.6) is 0 Å². The van der Waals surface area contributed by atoms with Gasteiger partial charge in [-0.3, -0.25) is 0 Å². The fourth-order valence-corrected chi connectivity index (χ4v) is 20.9. The van der Waals surface area contributed by atoms with Crippen molar-refractivity contribution in [1.29, 1.82) is 0 Å². The van der Waals surface area contributed by atoms with Crippen molar-refractivity contribution in [2.24, 2.45) is 0 Å². The summed E-state index contributed by atoms with van der Waals surface area (Å²) in [5.41, 5.74) is 40.6. The summed E-state index contributed by atoms with van der Waals surface area (Å²) in [6.45, 7) is 22.8. The molecule has 0 amide bonds. The van der Waals surface area contributed by atoms with Gasteiger partial charge in [-0.05, 0) is 251 Å². The zero-order valence-electron chi connectivity index (χ0n) is 69.5. The standard InChI is InChI=1S/C31H22N2.3C28H23N/c1-21-16-17-29-25(18-21)27-19-26-24-14-8-9-15-28(24)32(22-10-4-2-5-11-22)30(26)20-31(27)33(29)23-12-6-3-7-13-23;1-18-10-4-8-14-25(18)29-26-15-9-6-12-20(26)22-16-21-19-11-5-7-13-23(19)28(2,3)24(21)17-27(22)29;1-18-9-8-10-19(15-18)29-26-14-7-5-12-21(26)23-16-22-20-11-4-6-13-24(20)28(2,3)25(22)17-27(23)29;1-18-13-14-26-22(15-18)23-16-21-20-11-7-8-12-24(20)28(2,3)25(21)17-27(23)29(26)19-9-5-4-6-10-19/h2-20H,1H3;3*4-17H,1-3H3. The Morgan fingerprint density at radius 1 is 0.167 bits per heavy atom. The number of aryl methyl sites for hydroxylation is 4. The molecule has 0 N–H and O–H groups in total. The zero-order valence-corrected chi connectivity index (χ0v) is 69.5. The minimum Gasteiger partial charge on any atom is -0.309 e. The van der Waals surface area contributed by atoms with E-state index in [1.165, 1.54) is 226 Å².